The molecule has 1 fully saturated rings. The van der Waals surface area contributed by atoms with E-state index in [0.717, 1.165) is 35.5 Å². The molecule has 4 rings (SSSR count). The average Bonchev–Trinajstić information content (AvgIpc) is 3.54. The number of nitriles is 1. The van der Waals surface area contributed by atoms with Crippen LogP contribution >= 0.6 is 11.8 Å². The Morgan fingerprint density at radius 3 is 2.32 bits per heavy atom. The van der Waals surface area contributed by atoms with Crippen LogP contribution in [0.5, 0.6) is 0 Å². The molecule has 1 heterocycles. The van der Waals surface area contributed by atoms with Gasteiger partial charge in [-0.25, -0.2) is 0 Å². The van der Waals surface area contributed by atoms with Crippen molar-refractivity contribution in [2.45, 2.75) is 44.3 Å². The van der Waals surface area contributed by atoms with Crippen molar-refractivity contribution in [3.05, 3.63) is 59.7 Å². The first-order valence-corrected chi connectivity index (χ1v) is 11.3. The van der Waals surface area contributed by atoms with Crippen LogP contribution in [0.4, 0.5) is 0 Å². The number of amides is 1. The third kappa shape index (κ3) is 4.64. The lowest BCUT2D eigenvalue weighted by Gasteiger charge is -2.22. The summed E-state index contributed by atoms with van der Waals surface area (Å²) < 4.78 is 1.98. The van der Waals surface area contributed by atoms with Gasteiger partial charge in [0, 0.05) is 11.3 Å². The number of aryl methyl sites for hydroxylation is 2. The minimum Gasteiger partial charge on any atom is -0.337 e. The number of hydrogen-bond donors (Lipinski definition) is 1. The zero-order valence-corrected chi connectivity index (χ0v) is 18.7. The second-order valence-electron chi connectivity index (χ2n) is 8.27. The van der Waals surface area contributed by atoms with Crippen LogP contribution in [0, 0.1) is 31.1 Å². The molecule has 0 bridgehead atoms. The molecule has 6 nitrogen and oxygen atoms in total. The van der Waals surface area contributed by atoms with Crippen molar-refractivity contribution >= 4 is 17.7 Å². The van der Waals surface area contributed by atoms with Gasteiger partial charge in [-0.15, -0.1) is 10.2 Å². The number of rotatable bonds is 7. The predicted octanol–water partition coefficient (Wildman–Crippen LogP) is 4.45. The van der Waals surface area contributed by atoms with Crippen molar-refractivity contribution in [1.82, 2.24) is 20.1 Å². The highest BCUT2D eigenvalue weighted by molar-refractivity contribution is 7.99. The first kappa shape index (κ1) is 21.1. The summed E-state index contributed by atoms with van der Waals surface area (Å²) in [5.74, 6) is 0.973. The van der Waals surface area contributed by atoms with Crippen LogP contribution in [0.2, 0.25) is 0 Å². The number of nitrogens with zero attached hydrogens (tertiary/aromatic N) is 4. The summed E-state index contributed by atoms with van der Waals surface area (Å²) in [7, 11) is 0. The molecule has 0 aliphatic heterocycles. The summed E-state index contributed by atoms with van der Waals surface area (Å²) in [6, 6.07) is 18.6. The van der Waals surface area contributed by atoms with Crippen LogP contribution in [0.25, 0.3) is 17.1 Å². The van der Waals surface area contributed by atoms with E-state index in [0.29, 0.717) is 5.16 Å². The molecule has 1 aliphatic rings. The normalized spacial score (nSPS) is 15.2. The molecule has 31 heavy (non-hydrogen) atoms. The van der Waals surface area contributed by atoms with Gasteiger partial charge in [-0.3, -0.25) is 9.36 Å². The molecule has 1 saturated carbocycles. The second kappa shape index (κ2) is 8.56. The van der Waals surface area contributed by atoms with Crippen LogP contribution in [0.1, 0.15) is 30.9 Å². The smallest absolute Gasteiger partial charge is 0.231 e. The lowest BCUT2D eigenvalue weighted by atomic mass is 9.98. The van der Waals surface area contributed by atoms with Crippen molar-refractivity contribution < 1.29 is 4.79 Å². The summed E-state index contributed by atoms with van der Waals surface area (Å²) in [4.78, 5) is 12.6. The first-order chi connectivity index (χ1) is 14.9. The Morgan fingerprint density at radius 1 is 1.13 bits per heavy atom. The number of benzene rings is 2. The molecular weight excluding hydrogens is 406 g/mol. The summed E-state index contributed by atoms with van der Waals surface area (Å²) in [5, 5.41) is 21.9. The largest absolute Gasteiger partial charge is 0.337 e. The maximum Gasteiger partial charge on any atom is 0.231 e. The van der Waals surface area contributed by atoms with Gasteiger partial charge in [0.05, 0.1) is 11.8 Å². The molecule has 158 valence electrons. The molecule has 0 radical (unpaired) electrons. The fraction of sp³-hybridized carbons (Fsp3) is 0.333. The van der Waals surface area contributed by atoms with Gasteiger partial charge < -0.3 is 5.32 Å². The summed E-state index contributed by atoms with van der Waals surface area (Å²) in [6.45, 7) is 5.89. The Balaban J connectivity index is 1.60. The van der Waals surface area contributed by atoms with Gasteiger partial charge in [0.2, 0.25) is 5.91 Å². The van der Waals surface area contributed by atoms with Crippen molar-refractivity contribution in [2.75, 3.05) is 5.75 Å². The maximum absolute atomic E-state index is 12.6. The van der Waals surface area contributed by atoms with Gasteiger partial charge in [0.1, 0.15) is 5.54 Å². The van der Waals surface area contributed by atoms with E-state index < -0.39 is 5.54 Å². The number of aromatic nitrogens is 3. The van der Waals surface area contributed by atoms with Gasteiger partial charge in [0.25, 0.3) is 0 Å². The van der Waals surface area contributed by atoms with Crippen LogP contribution in [0.3, 0.4) is 0 Å². The fourth-order valence-electron chi connectivity index (χ4n) is 3.52. The molecule has 1 amide bonds. The highest BCUT2D eigenvalue weighted by Gasteiger charge is 2.43. The minimum atomic E-state index is -0.796. The highest BCUT2D eigenvalue weighted by atomic mass is 32.2. The summed E-state index contributed by atoms with van der Waals surface area (Å²) in [6.07, 6.45) is 1.97. The second-order valence-corrected chi connectivity index (χ2v) is 9.21. The predicted molar refractivity (Wildman–Crippen MR) is 122 cm³/mol. The van der Waals surface area contributed by atoms with Crippen LogP contribution in [-0.2, 0) is 4.79 Å². The van der Waals surface area contributed by atoms with Crippen molar-refractivity contribution in [2.24, 2.45) is 5.92 Å². The lowest BCUT2D eigenvalue weighted by Crippen LogP contribution is -2.47. The van der Waals surface area contributed by atoms with Gasteiger partial charge in [-0.05, 0) is 51.7 Å². The number of nitrogens with one attached hydrogen (secondary N) is 1. The Labute approximate surface area is 186 Å². The molecule has 0 saturated heterocycles. The SMILES string of the molecule is Cc1ccc(-c2nnc(SCC(=O)NC(C)(C#N)C3CC3)n2-c2ccc(C)cc2)cc1. The molecule has 3 aromatic rings. The molecule has 1 aliphatic carbocycles. The average molecular weight is 432 g/mol. The topological polar surface area (TPSA) is 83.6 Å². The Hall–Kier alpha value is -3.11. The molecule has 1 aromatic heterocycles. The molecule has 1 atom stereocenters. The third-order valence-electron chi connectivity index (χ3n) is 5.59. The minimum absolute atomic E-state index is 0.169. The van der Waals surface area contributed by atoms with E-state index in [9.17, 15) is 10.1 Å². The van der Waals surface area contributed by atoms with Crippen molar-refractivity contribution in [3.63, 3.8) is 0 Å². The zero-order chi connectivity index (χ0) is 22.0. The summed E-state index contributed by atoms with van der Waals surface area (Å²) in [5.41, 5.74) is 3.44. The van der Waals surface area contributed by atoms with Gasteiger partial charge in [0.15, 0.2) is 11.0 Å². The van der Waals surface area contributed by atoms with Crippen LogP contribution < -0.4 is 5.32 Å². The number of thioether (sulfide) groups is 1. The number of carbonyl (C=O) groups excluding carboxylic acids is 1. The molecule has 7 heteroatoms. The molecule has 0 spiro atoms. The van der Waals surface area contributed by atoms with E-state index in [1.165, 1.54) is 17.3 Å². The number of hydrogen-bond acceptors (Lipinski definition) is 5. The standard InChI is InChI=1S/C24H25N5OS/c1-16-4-8-18(9-5-16)22-27-28-23(29(22)20-12-6-17(2)7-13-20)31-14-21(30)26-24(3,15-25)19-10-11-19/h4-9,12-13,19H,10-11,14H2,1-3H3,(H,26,30). The fourth-order valence-corrected chi connectivity index (χ4v) is 4.27. The Morgan fingerprint density at radius 2 is 1.74 bits per heavy atom. The lowest BCUT2D eigenvalue weighted by molar-refractivity contribution is -0.119. The Bertz CT molecular complexity index is 1130. The Kier molecular flexibility index (Phi) is 5.84. The van der Waals surface area contributed by atoms with Crippen molar-refractivity contribution in [3.8, 4) is 23.1 Å². The van der Waals surface area contributed by atoms with Crippen LogP contribution in [0.15, 0.2) is 53.7 Å². The van der Waals surface area contributed by atoms with E-state index in [-0.39, 0.29) is 17.6 Å². The monoisotopic (exact) mass is 431 g/mol. The van der Waals surface area contributed by atoms with E-state index in [2.05, 4.69) is 21.6 Å². The third-order valence-corrected chi connectivity index (χ3v) is 6.52. The van der Waals surface area contributed by atoms with Gasteiger partial charge in [-0.1, -0.05) is 59.3 Å². The number of carbonyl (C=O) groups is 1. The molecule has 2 aromatic carbocycles. The molecule has 1 N–H and O–H groups in total. The highest BCUT2D eigenvalue weighted by Crippen LogP contribution is 2.39. The summed E-state index contributed by atoms with van der Waals surface area (Å²) >= 11 is 1.32. The van der Waals surface area contributed by atoms with Gasteiger partial charge >= 0.3 is 0 Å². The van der Waals surface area contributed by atoms with E-state index in [4.69, 9.17) is 0 Å². The molecule has 1 unspecified atom stereocenters. The first-order valence-electron chi connectivity index (χ1n) is 10.3. The van der Waals surface area contributed by atoms with Crippen LogP contribution in [-0.4, -0.2) is 32.0 Å². The van der Waals surface area contributed by atoms with Gasteiger partial charge in [-0.2, -0.15) is 5.26 Å². The van der Waals surface area contributed by atoms with Crippen molar-refractivity contribution in [1.29, 1.82) is 5.26 Å². The van der Waals surface area contributed by atoms with E-state index >= 15 is 0 Å². The maximum atomic E-state index is 12.6. The molecular formula is C24H25N5OS. The quantitative estimate of drug-likeness (QED) is 0.559. The zero-order valence-electron chi connectivity index (χ0n) is 17.9. The van der Waals surface area contributed by atoms with E-state index in [1.807, 2.05) is 66.9 Å². The van der Waals surface area contributed by atoms with E-state index in [1.54, 1.807) is 6.92 Å².